The number of aromatic nitrogens is 3. The molecule has 2 aromatic heterocycles. The summed E-state index contributed by atoms with van der Waals surface area (Å²) in [6, 6.07) is 19.1. The first-order chi connectivity index (χ1) is 17.5. The zero-order valence-electron chi connectivity index (χ0n) is 20.1. The van der Waals surface area contributed by atoms with Crippen LogP contribution in [0.4, 0.5) is 11.5 Å². The number of nitrogens with one attached hydrogen (secondary N) is 2. The molecule has 182 valence electrons. The highest BCUT2D eigenvalue weighted by atomic mass is 16.5. The molecule has 0 amide bonds. The summed E-state index contributed by atoms with van der Waals surface area (Å²) in [4.78, 5) is 34.5. The summed E-state index contributed by atoms with van der Waals surface area (Å²) in [6.07, 6.45) is 1.49. The second kappa shape index (κ2) is 11.1. The number of carbonyl (C=O) groups excluding carboxylic acids is 2. The van der Waals surface area contributed by atoms with Gasteiger partial charge >= 0.3 is 5.97 Å². The number of benzene rings is 2. The van der Waals surface area contributed by atoms with Gasteiger partial charge in [-0.25, -0.2) is 9.97 Å². The summed E-state index contributed by atoms with van der Waals surface area (Å²) in [7, 11) is 1.92. The van der Waals surface area contributed by atoms with Gasteiger partial charge in [0.2, 0.25) is 0 Å². The van der Waals surface area contributed by atoms with Gasteiger partial charge in [0.05, 0.1) is 42.2 Å². The van der Waals surface area contributed by atoms with Crippen LogP contribution in [0.2, 0.25) is 0 Å². The molecule has 4 aromatic rings. The summed E-state index contributed by atoms with van der Waals surface area (Å²) in [5.41, 5.74) is 3.46. The zero-order valence-corrected chi connectivity index (χ0v) is 20.1. The smallest absolute Gasteiger partial charge is 0.308 e. The second-order valence-electron chi connectivity index (χ2n) is 8.12. The van der Waals surface area contributed by atoms with E-state index in [9.17, 15) is 9.59 Å². The molecule has 2 heterocycles. The van der Waals surface area contributed by atoms with Crippen LogP contribution in [0.5, 0.6) is 0 Å². The average molecular weight is 483 g/mol. The Morgan fingerprint density at radius 2 is 1.94 bits per heavy atom. The molecule has 1 unspecified atom stereocenters. The molecule has 0 spiro atoms. The Kier molecular flexibility index (Phi) is 7.56. The number of carbonyl (C=O) groups is 2. The number of imidazole rings is 1. The minimum Gasteiger partial charge on any atom is -0.466 e. The number of hydrogen-bond donors (Lipinski definition) is 2. The Labute approximate surface area is 208 Å². The van der Waals surface area contributed by atoms with Gasteiger partial charge in [0, 0.05) is 24.5 Å². The predicted octanol–water partition coefficient (Wildman–Crippen LogP) is 4.07. The molecule has 2 N–H and O–H groups in total. The van der Waals surface area contributed by atoms with Crippen molar-refractivity contribution in [1.82, 2.24) is 14.5 Å². The number of pyridine rings is 1. The number of anilines is 2. The SMILES string of the molecule is CCOC(=O)CC(Nc1ccccn1)C(=O)c1ccc2c(c1)nc(CNc1ccc(C#N)cc1)n2C. The van der Waals surface area contributed by atoms with Crippen LogP contribution in [-0.4, -0.2) is 38.9 Å². The summed E-state index contributed by atoms with van der Waals surface area (Å²) in [6.45, 7) is 2.43. The van der Waals surface area contributed by atoms with E-state index in [0.717, 1.165) is 17.0 Å². The number of rotatable bonds is 10. The van der Waals surface area contributed by atoms with Gasteiger partial charge in [-0.3, -0.25) is 9.59 Å². The largest absolute Gasteiger partial charge is 0.466 e. The number of nitrogens with zero attached hydrogens (tertiary/aromatic N) is 4. The van der Waals surface area contributed by atoms with E-state index < -0.39 is 12.0 Å². The van der Waals surface area contributed by atoms with Crippen LogP contribution in [0.15, 0.2) is 66.9 Å². The lowest BCUT2D eigenvalue weighted by Crippen LogP contribution is -2.33. The molecule has 9 nitrogen and oxygen atoms in total. The van der Waals surface area contributed by atoms with Crippen LogP contribution in [0.25, 0.3) is 11.0 Å². The number of hydrogen-bond acceptors (Lipinski definition) is 8. The van der Waals surface area contributed by atoms with Crippen molar-refractivity contribution >= 4 is 34.3 Å². The van der Waals surface area contributed by atoms with Crippen molar-refractivity contribution in [2.75, 3.05) is 17.2 Å². The molecule has 0 bridgehead atoms. The number of ketones is 1. The molecule has 36 heavy (non-hydrogen) atoms. The number of nitriles is 1. The van der Waals surface area contributed by atoms with Crippen molar-refractivity contribution < 1.29 is 14.3 Å². The molecule has 0 saturated carbocycles. The van der Waals surface area contributed by atoms with E-state index >= 15 is 0 Å². The Morgan fingerprint density at radius 1 is 1.14 bits per heavy atom. The number of ether oxygens (including phenoxy) is 1. The number of Topliss-reactive ketones (excluding diaryl/α,β-unsaturated/α-hetero) is 1. The standard InChI is InChI=1S/C27H26N6O3/c1-3-36-26(34)15-22(31-24-6-4-5-13-29-24)27(35)19-9-12-23-21(14-19)32-25(33(23)2)17-30-20-10-7-18(16-28)8-11-20/h4-14,22,30H,3,15,17H2,1-2H3,(H,29,31). The van der Waals surface area contributed by atoms with Gasteiger partial charge in [-0.2, -0.15) is 5.26 Å². The fourth-order valence-electron chi connectivity index (χ4n) is 3.83. The fraction of sp³-hybridized carbons (Fsp3) is 0.222. The third-order valence-corrected chi connectivity index (χ3v) is 5.70. The maximum absolute atomic E-state index is 13.4. The van der Waals surface area contributed by atoms with Crippen molar-refractivity contribution in [3.05, 3.63) is 83.8 Å². The summed E-state index contributed by atoms with van der Waals surface area (Å²) >= 11 is 0. The Hall–Kier alpha value is -4.71. The first-order valence-corrected chi connectivity index (χ1v) is 11.5. The van der Waals surface area contributed by atoms with Crippen LogP contribution in [0, 0.1) is 11.3 Å². The zero-order chi connectivity index (χ0) is 25.5. The van der Waals surface area contributed by atoms with Crippen LogP contribution >= 0.6 is 0 Å². The van der Waals surface area contributed by atoms with Crippen molar-refractivity contribution in [1.29, 1.82) is 5.26 Å². The fourth-order valence-corrected chi connectivity index (χ4v) is 3.83. The summed E-state index contributed by atoms with van der Waals surface area (Å²) < 4.78 is 7.03. The van der Waals surface area contributed by atoms with Crippen LogP contribution in [-0.2, 0) is 23.1 Å². The molecule has 1 atom stereocenters. The van der Waals surface area contributed by atoms with Gasteiger partial charge in [-0.1, -0.05) is 6.07 Å². The van der Waals surface area contributed by atoms with Crippen LogP contribution < -0.4 is 10.6 Å². The highest BCUT2D eigenvalue weighted by Crippen LogP contribution is 2.21. The molecule has 0 radical (unpaired) electrons. The van der Waals surface area contributed by atoms with Crippen molar-refractivity contribution in [2.24, 2.45) is 7.05 Å². The number of aryl methyl sites for hydroxylation is 1. The van der Waals surface area contributed by atoms with E-state index in [0.29, 0.717) is 29.0 Å². The van der Waals surface area contributed by atoms with E-state index in [-0.39, 0.29) is 18.8 Å². The Balaban J connectivity index is 1.55. The second-order valence-corrected chi connectivity index (χ2v) is 8.12. The topological polar surface area (TPSA) is 122 Å². The van der Waals surface area contributed by atoms with Crippen LogP contribution in [0.1, 0.15) is 35.1 Å². The van der Waals surface area contributed by atoms with Gasteiger partial charge in [0.25, 0.3) is 0 Å². The monoisotopic (exact) mass is 482 g/mol. The molecule has 0 fully saturated rings. The normalized spacial score (nSPS) is 11.5. The average Bonchev–Trinajstić information content (AvgIpc) is 3.22. The van der Waals surface area contributed by atoms with E-state index in [2.05, 4.69) is 21.7 Å². The number of fused-ring (bicyclic) bond motifs is 1. The lowest BCUT2D eigenvalue weighted by molar-refractivity contribution is -0.143. The van der Waals surface area contributed by atoms with Gasteiger partial charge in [0.15, 0.2) is 5.78 Å². The van der Waals surface area contributed by atoms with Crippen molar-refractivity contribution in [3.63, 3.8) is 0 Å². The maximum atomic E-state index is 13.4. The first kappa shape index (κ1) is 24.4. The molecular weight excluding hydrogens is 456 g/mol. The van der Waals surface area contributed by atoms with E-state index in [1.54, 1.807) is 55.6 Å². The third kappa shape index (κ3) is 5.67. The molecule has 2 aromatic carbocycles. The van der Waals surface area contributed by atoms with Gasteiger partial charge in [0.1, 0.15) is 17.7 Å². The molecule has 4 rings (SSSR count). The summed E-state index contributed by atoms with van der Waals surface area (Å²) in [5.74, 6) is 0.566. The Bertz CT molecular complexity index is 1410. The molecule has 9 heteroatoms. The Morgan fingerprint density at radius 3 is 2.64 bits per heavy atom. The quantitative estimate of drug-likeness (QED) is 0.256. The summed E-state index contributed by atoms with van der Waals surface area (Å²) in [5, 5.41) is 15.3. The molecular formula is C27H26N6O3. The molecule has 0 aliphatic heterocycles. The lowest BCUT2D eigenvalue weighted by atomic mass is 10.0. The minimum atomic E-state index is -0.836. The predicted molar refractivity (Wildman–Crippen MR) is 136 cm³/mol. The number of esters is 1. The lowest BCUT2D eigenvalue weighted by Gasteiger charge is -2.17. The van der Waals surface area contributed by atoms with Crippen molar-refractivity contribution in [3.8, 4) is 6.07 Å². The molecule has 0 saturated heterocycles. The van der Waals surface area contributed by atoms with Gasteiger partial charge in [-0.05, 0) is 61.5 Å². The van der Waals surface area contributed by atoms with Gasteiger partial charge in [-0.15, -0.1) is 0 Å². The highest BCUT2D eigenvalue weighted by molar-refractivity contribution is 6.05. The van der Waals surface area contributed by atoms with E-state index in [1.165, 1.54) is 0 Å². The molecule has 0 aliphatic rings. The van der Waals surface area contributed by atoms with Crippen LogP contribution in [0.3, 0.4) is 0 Å². The first-order valence-electron chi connectivity index (χ1n) is 11.5. The minimum absolute atomic E-state index is 0.122. The van der Waals surface area contributed by atoms with E-state index in [4.69, 9.17) is 15.0 Å². The van der Waals surface area contributed by atoms with Gasteiger partial charge < -0.3 is 19.9 Å². The highest BCUT2D eigenvalue weighted by Gasteiger charge is 2.25. The maximum Gasteiger partial charge on any atom is 0.308 e. The third-order valence-electron chi connectivity index (χ3n) is 5.70. The van der Waals surface area contributed by atoms with E-state index in [1.807, 2.05) is 29.8 Å². The van der Waals surface area contributed by atoms with Crippen molar-refractivity contribution in [2.45, 2.75) is 25.9 Å². The molecule has 0 aliphatic carbocycles.